The topological polar surface area (TPSA) is 41.6 Å². The van der Waals surface area contributed by atoms with Gasteiger partial charge in [-0.15, -0.1) is 0 Å². The maximum absolute atomic E-state index is 12.0. The molecule has 0 aromatic rings. The molecular weight excluding hydrogens is 216 g/mol. The third-order valence-electron chi connectivity index (χ3n) is 5.08. The Hall–Kier alpha value is -0.770. The fourth-order valence-corrected chi connectivity index (χ4v) is 4.05. The number of carbonyl (C=O) groups excluding carboxylic acids is 1. The number of carbonyl (C=O) groups is 1. The van der Waals surface area contributed by atoms with E-state index in [0.29, 0.717) is 18.1 Å². The summed E-state index contributed by atoms with van der Waals surface area (Å²) in [6, 6.07) is 1.65. The third kappa shape index (κ3) is 1.49. The quantitative estimate of drug-likeness (QED) is 0.752. The molecule has 1 saturated carbocycles. The molecule has 0 aromatic carbocycles. The first-order chi connectivity index (χ1) is 8.24. The second-order valence-corrected chi connectivity index (χ2v) is 6.31. The summed E-state index contributed by atoms with van der Waals surface area (Å²) in [4.78, 5) is 14.0. The van der Waals surface area contributed by atoms with E-state index in [9.17, 15) is 4.79 Å². The van der Waals surface area contributed by atoms with Gasteiger partial charge < -0.3 is 15.0 Å². The normalized spacial score (nSPS) is 45.2. The molecule has 4 rings (SSSR count). The van der Waals surface area contributed by atoms with E-state index >= 15 is 0 Å². The molecule has 3 heterocycles. The zero-order valence-electron chi connectivity index (χ0n) is 10.2. The lowest BCUT2D eigenvalue weighted by Crippen LogP contribution is -2.51. The van der Waals surface area contributed by atoms with Crippen LogP contribution < -0.4 is 5.32 Å². The van der Waals surface area contributed by atoms with E-state index in [2.05, 4.69) is 5.32 Å². The molecule has 2 bridgehead atoms. The van der Waals surface area contributed by atoms with Crippen LogP contribution in [0.5, 0.6) is 0 Å². The van der Waals surface area contributed by atoms with Crippen molar-refractivity contribution in [3.8, 4) is 0 Å². The average Bonchev–Trinajstić information content (AvgIpc) is 2.67. The Balaban J connectivity index is 1.53. The fourth-order valence-electron chi connectivity index (χ4n) is 4.05. The number of nitrogens with one attached hydrogen (secondary N) is 1. The monoisotopic (exact) mass is 236 g/mol. The van der Waals surface area contributed by atoms with Gasteiger partial charge in [0.1, 0.15) is 5.60 Å². The van der Waals surface area contributed by atoms with Crippen LogP contribution in [0.2, 0.25) is 0 Å². The van der Waals surface area contributed by atoms with Crippen molar-refractivity contribution in [3.63, 3.8) is 0 Å². The molecule has 4 aliphatic rings. The number of piperidine rings is 1. The number of hydrogen-bond acceptors (Lipinski definition) is 3. The van der Waals surface area contributed by atoms with Crippen molar-refractivity contribution in [2.24, 2.45) is 0 Å². The molecule has 4 fully saturated rings. The van der Waals surface area contributed by atoms with Crippen molar-refractivity contribution in [1.82, 2.24) is 10.2 Å². The number of nitrogens with zero attached hydrogens (tertiary/aromatic N) is 1. The first kappa shape index (κ1) is 10.2. The molecule has 4 heteroatoms. The van der Waals surface area contributed by atoms with Gasteiger partial charge in [0.2, 0.25) is 0 Å². The summed E-state index contributed by atoms with van der Waals surface area (Å²) in [7, 11) is 0. The zero-order chi connectivity index (χ0) is 11.5. The Morgan fingerprint density at radius 1 is 1.18 bits per heavy atom. The summed E-state index contributed by atoms with van der Waals surface area (Å²) in [5.74, 6) is 0. The third-order valence-corrected chi connectivity index (χ3v) is 5.08. The fraction of sp³-hybridized carbons (Fsp3) is 0.923. The number of ether oxygens (including phenoxy) is 1. The second kappa shape index (κ2) is 3.37. The van der Waals surface area contributed by atoms with Gasteiger partial charge in [-0.1, -0.05) is 0 Å². The van der Waals surface area contributed by atoms with Crippen molar-refractivity contribution in [2.45, 2.75) is 68.7 Å². The van der Waals surface area contributed by atoms with E-state index in [1.54, 1.807) is 0 Å². The minimum atomic E-state index is -0.149. The average molecular weight is 236 g/mol. The Bertz CT molecular complexity index is 341. The molecule has 17 heavy (non-hydrogen) atoms. The van der Waals surface area contributed by atoms with Crippen molar-refractivity contribution in [2.75, 3.05) is 6.54 Å². The summed E-state index contributed by atoms with van der Waals surface area (Å²) < 4.78 is 5.79. The molecule has 1 spiro atoms. The van der Waals surface area contributed by atoms with Crippen LogP contribution in [0.3, 0.4) is 0 Å². The minimum absolute atomic E-state index is 0.0454. The van der Waals surface area contributed by atoms with Gasteiger partial charge in [0.05, 0.1) is 6.54 Å². The van der Waals surface area contributed by atoms with Crippen LogP contribution >= 0.6 is 0 Å². The summed E-state index contributed by atoms with van der Waals surface area (Å²) in [6.07, 6.45) is 8.15. The van der Waals surface area contributed by atoms with Crippen LogP contribution in [0, 0.1) is 0 Å². The molecular formula is C13H20N2O2. The summed E-state index contributed by atoms with van der Waals surface area (Å²) in [6.45, 7) is 0.852. The van der Waals surface area contributed by atoms with Gasteiger partial charge in [0.25, 0.3) is 0 Å². The van der Waals surface area contributed by atoms with Crippen molar-refractivity contribution >= 4 is 6.09 Å². The molecule has 2 atom stereocenters. The van der Waals surface area contributed by atoms with E-state index in [-0.39, 0.29) is 11.7 Å². The summed E-state index contributed by atoms with van der Waals surface area (Å²) >= 11 is 0. The van der Waals surface area contributed by atoms with Gasteiger partial charge in [0, 0.05) is 31.0 Å². The van der Waals surface area contributed by atoms with Crippen molar-refractivity contribution in [3.05, 3.63) is 0 Å². The van der Waals surface area contributed by atoms with Gasteiger partial charge in [-0.05, 0) is 32.1 Å². The summed E-state index contributed by atoms with van der Waals surface area (Å²) in [5.41, 5.74) is -0.149. The van der Waals surface area contributed by atoms with E-state index in [0.717, 1.165) is 19.4 Å². The Kier molecular flexibility index (Phi) is 2.02. The first-order valence-electron chi connectivity index (χ1n) is 7.00. The maximum Gasteiger partial charge on any atom is 0.410 e. The highest BCUT2D eigenvalue weighted by molar-refractivity contribution is 5.71. The van der Waals surface area contributed by atoms with E-state index in [4.69, 9.17) is 4.74 Å². The molecule has 0 radical (unpaired) electrons. The molecule has 1 amide bonds. The smallest absolute Gasteiger partial charge is 0.410 e. The van der Waals surface area contributed by atoms with Crippen LogP contribution in [0.4, 0.5) is 4.79 Å². The largest absolute Gasteiger partial charge is 0.441 e. The van der Waals surface area contributed by atoms with Crippen LogP contribution in [0.25, 0.3) is 0 Å². The highest BCUT2D eigenvalue weighted by Gasteiger charge is 2.53. The van der Waals surface area contributed by atoms with E-state index < -0.39 is 0 Å². The zero-order valence-corrected chi connectivity index (χ0v) is 10.2. The maximum atomic E-state index is 12.0. The van der Waals surface area contributed by atoms with Gasteiger partial charge in [0.15, 0.2) is 0 Å². The molecule has 1 N–H and O–H groups in total. The van der Waals surface area contributed by atoms with Gasteiger partial charge in [-0.25, -0.2) is 4.79 Å². The second-order valence-electron chi connectivity index (χ2n) is 6.31. The molecule has 2 unspecified atom stereocenters. The van der Waals surface area contributed by atoms with Gasteiger partial charge in [-0.3, -0.25) is 0 Å². The lowest BCUT2D eigenvalue weighted by molar-refractivity contribution is 0.0159. The molecule has 3 saturated heterocycles. The lowest BCUT2D eigenvalue weighted by atomic mass is 9.85. The predicted molar refractivity (Wildman–Crippen MR) is 62.7 cm³/mol. The Labute approximate surface area is 102 Å². The first-order valence-corrected chi connectivity index (χ1v) is 7.00. The highest BCUT2D eigenvalue weighted by Crippen LogP contribution is 2.42. The predicted octanol–water partition coefficient (Wildman–Crippen LogP) is 1.64. The van der Waals surface area contributed by atoms with Crippen molar-refractivity contribution < 1.29 is 9.53 Å². The Morgan fingerprint density at radius 2 is 1.88 bits per heavy atom. The number of rotatable bonds is 1. The molecule has 0 aromatic heterocycles. The Morgan fingerprint density at radius 3 is 2.47 bits per heavy atom. The highest BCUT2D eigenvalue weighted by atomic mass is 16.6. The number of amides is 1. The molecule has 3 aliphatic heterocycles. The molecule has 4 nitrogen and oxygen atoms in total. The van der Waals surface area contributed by atoms with Crippen LogP contribution in [0.1, 0.15) is 44.9 Å². The molecule has 1 aliphatic carbocycles. The van der Waals surface area contributed by atoms with Crippen molar-refractivity contribution in [1.29, 1.82) is 0 Å². The van der Waals surface area contributed by atoms with Crippen LogP contribution in [-0.4, -0.2) is 41.3 Å². The van der Waals surface area contributed by atoms with Crippen LogP contribution in [0.15, 0.2) is 0 Å². The minimum Gasteiger partial charge on any atom is -0.441 e. The molecule has 94 valence electrons. The SMILES string of the molecule is O=C1OC2(CC3CCC(C2)N3)CN1C1CCC1. The number of hydrogen-bond donors (Lipinski definition) is 1. The number of fused-ring (bicyclic) bond motifs is 2. The van der Waals surface area contributed by atoms with E-state index in [1.807, 2.05) is 4.90 Å². The van der Waals surface area contributed by atoms with Crippen LogP contribution in [-0.2, 0) is 4.74 Å². The lowest BCUT2D eigenvalue weighted by Gasteiger charge is -2.37. The van der Waals surface area contributed by atoms with E-state index in [1.165, 1.54) is 32.1 Å². The van der Waals surface area contributed by atoms with Gasteiger partial charge >= 0.3 is 6.09 Å². The summed E-state index contributed by atoms with van der Waals surface area (Å²) in [5, 5.41) is 3.62. The van der Waals surface area contributed by atoms with Gasteiger partial charge in [-0.2, -0.15) is 0 Å². The standard InChI is InChI=1S/C13H20N2O2/c16-12-15(11-2-1-3-11)8-13(17-12)6-9-4-5-10(7-13)14-9/h9-11,14H,1-8H2.